The first kappa shape index (κ1) is 13.5. The van der Waals surface area contributed by atoms with E-state index in [2.05, 4.69) is 0 Å². The minimum absolute atomic E-state index is 0.125. The quantitative estimate of drug-likeness (QED) is 0.756. The summed E-state index contributed by atoms with van der Waals surface area (Å²) < 4.78 is 0. The summed E-state index contributed by atoms with van der Waals surface area (Å²) in [6.07, 6.45) is 1.39. The molecular weight excluding hydrogens is 242 g/mol. The van der Waals surface area contributed by atoms with Gasteiger partial charge in [-0.1, -0.05) is 35.0 Å². The summed E-state index contributed by atoms with van der Waals surface area (Å²) in [7, 11) is 17.6. The molecule has 1 aliphatic carbocycles. The van der Waals surface area contributed by atoms with Crippen molar-refractivity contribution in [2.45, 2.75) is 17.2 Å². The summed E-state index contributed by atoms with van der Waals surface area (Å²) in [6.45, 7) is 0. The number of hydrogen-bond acceptors (Lipinski definition) is 2. The fourth-order valence-electron chi connectivity index (χ4n) is 2.20. The number of carbonyl (C=O) groups excluding carboxylic acids is 1. The van der Waals surface area contributed by atoms with E-state index in [1.54, 1.807) is 24.3 Å². The lowest BCUT2D eigenvalue weighted by molar-refractivity contribution is -0.120. The fraction of sp³-hybridized carbons (Fsp3) is 0.250. The highest BCUT2D eigenvalue weighted by atomic mass is 35.5. The third-order valence-electron chi connectivity index (χ3n) is 3.23. The molecule has 6 heteroatoms. The zero-order valence-corrected chi connectivity index (χ0v) is 10.4. The van der Waals surface area contributed by atoms with Crippen molar-refractivity contribution < 1.29 is 4.79 Å². The Balaban J connectivity index is 2.66. The average molecular weight is 251 g/mol. The number of carbonyl (C=O) groups is 1. The SMILES string of the molecule is [B]C1=CC(=O)C(N)(c2ccccc2Cl)C([B])([B])C1. The van der Waals surface area contributed by atoms with Gasteiger partial charge in [0.05, 0.1) is 21.2 Å². The second-order valence-electron chi connectivity index (χ2n) is 4.59. The van der Waals surface area contributed by atoms with Crippen LogP contribution >= 0.6 is 11.6 Å². The Hall–Kier alpha value is -0.925. The maximum Gasteiger partial charge on any atom is 0.178 e. The molecule has 0 bridgehead atoms. The Morgan fingerprint density at radius 1 is 1.28 bits per heavy atom. The molecule has 1 aromatic carbocycles. The molecule has 2 N–H and O–H groups in total. The van der Waals surface area contributed by atoms with Crippen LogP contribution in [0.2, 0.25) is 10.2 Å². The van der Waals surface area contributed by atoms with Crippen molar-refractivity contribution in [2.75, 3.05) is 0 Å². The van der Waals surface area contributed by atoms with Gasteiger partial charge in [0.25, 0.3) is 0 Å². The monoisotopic (exact) mass is 251 g/mol. The molecule has 0 saturated carbocycles. The van der Waals surface area contributed by atoms with Gasteiger partial charge in [-0.05, 0) is 24.1 Å². The van der Waals surface area contributed by atoms with Gasteiger partial charge in [0.15, 0.2) is 5.78 Å². The minimum Gasteiger partial charge on any atom is -0.316 e. The molecule has 18 heavy (non-hydrogen) atoms. The first-order valence-corrected chi connectivity index (χ1v) is 5.79. The highest BCUT2D eigenvalue weighted by molar-refractivity contribution is 6.45. The van der Waals surface area contributed by atoms with E-state index in [9.17, 15) is 4.79 Å². The molecule has 1 atom stereocenters. The first-order valence-electron chi connectivity index (χ1n) is 5.41. The Morgan fingerprint density at radius 3 is 2.44 bits per heavy atom. The van der Waals surface area contributed by atoms with E-state index in [4.69, 9.17) is 40.9 Å². The van der Waals surface area contributed by atoms with Crippen molar-refractivity contribution in [1.29, 1.82) is 0 Å². The van der Waals surface area contributed by atoms with Crippen LogP contribution < -0.4 is 5.73 Å². The number of allylic oxidation sites excluding steroid dienone is 1. The van der Waals surface area contributed by atoms with Crippen LogP contribution in [0.15, 0.2) is 35.8 Å². The maximum atomic E-state index is 12.2. The van der Waals surface area contributed by atoms with Crippen LogP contribution in [0.3, 0.4) is 0 Å². The van der Waals surface area contributed by atoms with E-state index < -0.39 is 16.5 Å². The molecule has 1 aliphatic rings. The molecule has 0 heterocycles. The molecule has 2 nitrogen and oxygen atoms in total. The third kappa shape index (κ3) is 1.86. The topological polar surface area (TPSA) is 43.1 Å². The van der Waals surface area contributed by atoms with E-state index in [-0.39, 0.29) is 6.42 Å². The molecular formula is C12H9B3ClNO. The van der Waals surface area contributed by atoms with E-state index in [0.29, 0.717) is 16.1 Å². The summed E-state index contributed by atoms with van der Waals surface area (Å²) in [4.78, 5) is 12.2. The lowest BCUT2D eigenvalue weighted by atomic mass is 9.38. The van der Waals surface area contributed by atoms with Gasteiger partial charge in [0.2, 0.25) is 0 Å². The van der Waals surface area contributed by atoms with Gasteiger partial charge >= 0.3 is 0 Å². The summed E-state index contributed by atoms with van der Waals surface area (Å²) in [5.74, 6) is -0.440. The van der Waals surface area contributed by atoms with Gasteiger partial charge in [0, 0.05) is 5.02 Å². The van der Waals surface area contributed by atoms with Crippen LogP contribution in [0.4, 0.5) is 0 Å². The Bertz CT molecular complexity index is 544. The molecule has 2 rings (SSSR count). The fourth-order valence-corrected chi connectivity index (χ4v) is 2.49. The lowest BCUT2D eigenvalue weighted by Crippen LogP contribution is -2.56. The van der Waals surface area contributed by atoms with E-state index in [0.717, 1.165) is 0 Å². The molecule has 0 saturated heterocycles. The van der Waals surface area contributed by atoms with Crippen LogP contribution in [-0.4, -0.2) is 29.3 Å². The predicted molar refractivity (Wildman–Crippen MR) is 75.0 cm³/mol. The molecule has 0 amide bonds. The molecule has 1 unspecified atom stereocenters. The van der Waals surface area contributed by atoms with Gasteiger partial charge in [0.1, 0.15) is 7.85 Å². The Labute approximate surface area is 115 Å². The molecule has 84 valence electrons. The number of ketones is 1. The minimum atomic E-state index is -1.58. The van der Waals surface area contributed by atoms with Crippen LogP contribution in [0.1, 0.15) is 12.0 Å². The molecule has 1 aromatic rings. The highest BCUT2D eigenvalue weighted by Crippen LogP contribution is 2.48. The summed E-state index contributed by atoms with van der Waals surface area (Å²) >= 11 is 6.08. The van der Waals surface area contributed by atoms with Crippen molar-refractivity contribution in [3.05, 3.63) is 46.4 Å². The Morgan fingerprint density at radius 2 is 1.89 bits per heavy atom. The van der Waals surface area contributed by atoms with Crippen molar-refractivity contribution in [3.8, 4) is 0 Å². The standard InChI is InChI=1S/C12H9B3ClNO/c13-7-5-10(18)12(17,11(14,15)6-7)8-3-1-2-4-9(8)16/h1-5H,6,17H2. The highest BCUT2D eigenvalue weighted by Gasteiger charge is 2.49. The van der Waals surface area contributed by atoms with Gasteiger partial charge < -0.3 is 5.73 Å². The molecule has 6 radical (unpaired) electrons. The molecule has 0 fully saturated rings. The lowest BCUT2D eigenvalue weighted by Gasteiger charge is -2.47. The van der Waals surface area contributed by atoms with Crippen LogP contribution in [0, 0.1) is 0 Å². The van der Waals surface area contributed by atoms with Crippen molar-refractivity contribution in [3.63, 3.8) is 0 Å². The second kappa shape index (κ2) is 4.32. The number of rotatable bonds is 1. The predicted octanol–water partition coefficient (Wildman–Crippen LogP) is 0.972. The summed E-state index contributed by atoms with van der Waals surface area (Å²) in [5.41, 5.74) is 5.33. The summed E-state index contributed by atoms with van der Waals surface area (Å²) in [5, 5.41) is -1.13. The number of benzene rings is 1. The maximum absolute atomic E-state index is 12.2. The van der Waals surface area contributed by atoms with Crippen LogP contribution in [0.25, 0.3) is 0 Å². The Kier molecular flexibility index (Phi) is 3.24. The number of nitrogens with two attached hydrogens (primary N) is 1. The van der Waals surface area contributed by atoms with Gasteiger partial charge in [-0.2, -0.15) is 0 Å². The largest absolute Gasteiger partial charge is 0.316 e. The van der Waals surface area contributed by atoms with Gasteiger partial charge in [-0.25, -0.2) is 0 Å². The molecule has 0 spiro atoms. The zero-order chi connectivity index (χ0) is 13.6. The van der Waals surface area contributed by atoms with Crippen LogP contribution in [0.5, 0.6) is 0 Å². The van der Waals surface area contributed by atoms with Gasteiger partial charge in [-0.3, -0.25) is 4.79 Å². The van der Waals surface area contributed by atoms with Crippen molar-refractivity contribution in [1.82, 2.24) is 0 Å². The molecule has 0 aromatic heterocycles. The smallest absolute Gasteiger partial charge is 0.178 e. The van der Waals surface area contributed by atoms with E-state index in [1.165, 1.54) is 6.08 Å². The van der Waals surface area contributed by atoms with Crippen LogP contribution in [-0.2, 0) is 10.3 Å². The normalized spacial score (nSPS) is 26.8. The number of hydrogen-bond donors (Lipinski definition) is 1. The third-order valence-corrected chi connectivity index (χ3v) is 3.56. The molecule has 0 aliphatic heterocycles. The zero-order valence-electron chi connectivity index (χ0n) is 9.69. The van der Waals surface area contributed by atoms with Crippen molar-refractivity contribution in [2.24, 2.45) is 5.73 Å². The summed E-state index contributed by atoms with van der Waals surface area (Å²) in [6, 6.07) is 6.74. The van der Waals surface area contributed by atoms with E-state index >= 15 is 0 Å². The average Bonchev–Trinajstić information content (AvgIpc) is 2.25. The number of halogens is 1. The second-order valence-corrected chi connectivity index (χ2v) is 5.00. The van der Waals surface area contributed by atoms with E-state index in [1.807, 2.05) is 0 Å². The first-order chi connectivity index (χ1) is 8.29. The van der Waals surface area contributed by atoms with Gasteiger partial charge in [-0.15, -0.1) is 5.47 Å². The van der Waals surface area contributed by atoms with Crippen molar-refractivity contribution >= 4 is 40.9 Å².